The number of esters is 2. The van der Waals surface area contributed by atoms with Gasteiger partial charge >= 0.3 is 11.9 Å². The van der Waals surface area contributed by atoms with Gasteiger partial charge in [0.2, 0.25) is 11.8 Å². The largest absolute Gasteiger partial charge is 0.460 e. The summed E-state index contributed by atoms with van der Waals surface area (Å²) in [5.41, 5.74) is 0.371. The molecule has 69 heavy (non-hydrogen) atoms. The zero-order valence-corrected chi connectivity index (χ0v) is 39.4. The van der Waals surface area contributed by atoms with Crippen molar-refractivity contribution in [3.05, 3.63) is 83.4 Å². The van der Waals surface area contributed by atoms with E-state index in [4.69, 9.17) is 18.9 Å². The molecule has 1 saturated heterocycles. The smallest absolute Gasteiger partial charge is 0.306 e. The van der Waals surface area contributed by atoms with E-state index in [1.165, 1.54) is 18.0 Å². The van der Waals surface area contributed by atoms with E-state index in [9.17, 15) is 39.0 Å². The standard InChI is InChI=1S/C47H58N10O12/c1-46(2,3)68-35(58)18-16-32-41(62)48-20-25-21-56(54-52-25)22-30-26-12-8-10-14-28(26)31(29-15-11-9-13-27(29)30)23-57-24-34(53-55-57)43(64)49-33(17-19-36(59)69-47(4,5)6)42(63)51-37-38(60)39(61)40(44(65)50-32)67-45(37)66-7/h8-15,21,24,32-33,37-40,45,60-61H,16-20,22-23H2,1-7H3,(H,48,62)(H,49,64)(H,50,65)(H,51,63)/t32-,33-,37?,38?,39-,40?,45+/m0/s1. The number of nitrogens with zero attached hydrogens (tertiary/aromatic N) is 6. The van der Waals surface area contributed by atoms with Crippen LogP contribution in [0.2, 0.25) is 0 Å². The molecule has 10 rings (SSSR count). The van der Waals surface area contributed by atoms with E-state index in [1.807, 2.05) is 48.5 Å². The SMILES string of the molecule is CO[C@@H]1OC2C(=O)N[C@@H](CCC(=O)OC(C)(C)C)C(=O)NCc3cn(nn3)Cc3c4ccccc4c(c4ccccc34)Cn3cc(nn3)C(=O)N[C@@H](CCC(=O)OC(C)(C)C)C(=O)NC1C(O)[C@@H]2O. The Kier molecular flexibility index (Phi) is 15.1. The Morgan fingerprint density at radius 2 is 1.20 bits per heavy atom. The zero-order valence-electron chi connectivity index (χ0n) is 39.4. The number of rotatable bonds is 7. The maximum Gasteiger partial charge on any atom is 0.306 e. The van der Waals surface area contributed by atoms with E-state index >= 15 is 0 Å². The average molecular weight is 955 g/mol. The number of amides is 4. The molecule has 3 unspecified atom stereocenters. The number of carbonyl (C=O) groups is 6. The lowest BCUT2D eigenvalue weighted by molar-refractivity contribution is -0.252. The first-order valence-electron chi connectivity index (χ1n) is 22.6. The third-order valence-corrected chi connectivity index (χ3v) is 11.4. The minimum absolute atomic E-state index is 0.123. The highest BCUT2D eigenvalue weighted by molar-refractivity contribution is 6.06. The molecule has 7 heterocycles. The molecule has 5 aromatic rings. The van der Waals surface area contributed by atoms with E-state index < -0.39 is 89.5 Å². The van der Waals surface area contributed by atoms with Gasteiger partial charge in [-0.05, 0) is 87.1 Å². The summed E-state index contributed by atoms with van der Waals surface area (Å²) in [6.07, 6.45) is -5.38. The molecule has 0 saturated carbocycles. The van der Waals surface area contributed by atoms with Crippen LogP contribution in [0.1, 0.15) is 94.5 Å². The van der Waals surface area contributed by atoms with Gasteiger partial charge in [0.15, 0.2) is 18.1 Å². The fourth-order valence-electron chi connectivity index (χ4n) is 8.28. The number of nitrogens with one attached hydrogen (secondary N) is 4. The molecule has 4 amide bonds. The lowest BCUT2D eigenvalue weighted by Gasteiger charge is -2.42. The minimum atomic E-state index is -2.01. The third-order valence-electron chi connectivity index (χ3n) is 11.4. The number of methoxy groups -OCH3 is 1. The van der Waals surface area contributed by atoms with Crippen molar-refractivity contribution in [2.45, 2.75) is 141 Å². The van der Waals surface area contributed by atoms with Crippen molar-refractivity contribution in [3.8, 4) is 0 Å². The molecular weight excluding hydrogens is 897 g/mol. The zero-order chi connectivity index (χ0) is 49.8. The molecular formula is C47H58N10O12. The highest BCUT2D eigenvalue weighted by Gasteiger charge is 2.49. The molecule has 6 N–H and O–H groups in total. The molecule has 8 bridgehead atoms. The second-order valence-corrected chi connectivity index (χ2v) is 19.0. The van der Waals surface area contributed by atoms with Crippen molar-refractivity contribution >= 4 is 57.1 Å². The van der Waals surface area contributed by atoms with Gasteiger partial charge in [0.05, 0.1) is 32.0 Å². The Bertz CT molecular complexity index is 2670. The average Bonchev–Trinajstić information content (AvgIpc) is 3.96. The van der Waals surface area contributed by atoms with Crippen LogP contribution in [0, 0.1) is 0 Å². The Balaban J connectivity index is 1.26. The molecule has 0 aliphatic carbocycles. The van der Waals surface area contributed by atoms with Crippen LogP contribution in [-0.2, 0) is 62.6 Å². The Labute approximate surface area is 396 Å². The fraction of sp³-hybridized carbons (Fsp3) is 0.489. The van der Waals surface area contributed by atoms with E-state index in [1.54, 1.807) is 52.4 Å². The normalized spacial score (nSPS) is 23.2. The predicted octanol–water partition coefficient (Wildman–Crippen LogP) is 1.31. The first-order valence-corrected chi connectivity index (χ1v) is 22.6. The summed E-state index contributed by atoms with van der Waals surface area (Å²) in [5, 5.41) is 53.9. The van der Waals surface area contributed by atoms with Crippen LogP contribution in [0.3, 0.4) is 0 Å². The van der Waals surface area contributed by atoms with Crippen molar-refractivity contribution < 1.29 is 57.9 Å². The number of benzene rings is 3. The lowest BCUT2D eigenvalue weighted by Crippen LogP contribution is -2.68. The summed E-state index contributed by atoms with van der Waals surface area (Å²) in [6.45, 7) is 10.4. The second kappa shape index (κ2) is 20.8. The van der Waals surface area contributed by atoms with Gasteiger partial charge in [-0.1, -0.05) is 59.0 Å². The maximum absolute atomic E-state index is 14.1. The van der Waals surface area contributed by atoms with Crippen LogP contribution in [0.15, 0.2) is 60.9 Å². The first-order chi connectivity index (χ1) is 32.7. The molecule has 5 aliphatic heterocycles. The number of ether oxygens (including phenoxy) is 4. The molecule has 2 aromatic heterocycles. The minimum Gasteiger partial charge on any atom is -0.460 e. The van der Waals surface area contributed by atoms with Crippen LogP contribution in [0.25, 0.3) is 21.5 Å². The molecule has 368 valence electrons. The Morgan fingerprint density at radius 1 is 0.696 bits per heavy atom. The van der Waals surface area contributed by atoms with Gasteiger partial charge in [-0.25, -0.2) is 9.36 Å². The van der Waals surface area contributed by atoms with Gasteiger partial charge in [-0.3, -0.25) is 28.8 Å². The van der Waals surface area contributed by atoms with Gasteiger partial charge in [-0.2, -0.15) is 0 Å². The molecule has 7 atom stereocenters. The van der Waals surface area contributed by atoms with Crippen LogP contribution >= 0.6 is 0 Å². The number of hydrogen-bond acceptors (Lipinski definition) is 16. The van der Waals surface area contributed by atoms with Crippen LogP contribution < -0.4 is 21.3 Å². The van der Waals surface area contributed by atoms with Gasteiger partial charge < -0.3 is 50.4 Å². The molecule has 22 nitrogen and oxygen atoms in total. The number of aliphatic hydroxyl groups excluding tert-OH is 2. The van der Waals surface area contributed by atoms with Gasteiger partial charge in [0.25, 0.3) is 11.8 Å². The highest BCUT2D eigenvalue weighted by atomic mass is 16.7. The van der Waals surface area contributed by atoms with Crippen LogP contribution in [0.4, 0.5) is 0 Å². The van der Waals surface area contributed by atoms with Crippen molar-refractivity contribution in [1.82, 2.24) is 51.3 Å². The summed E-state index contributed by atoms with van der Waals surface area (Å²) in [5.74, 6) is -4.80. The van der Waals surface area contributed by atoms with Crippen molar-refractivity contribution in [2.24, 2.45) is 0 Å². The molecule has 3 aromatic carbocycles. The van der Waals surface area contributed by atoms with Crippen molar-refractivity contribution in [2.75, 3.05) is 7.11 Å². The monoisotopic (exact) mass is 954 g/mol. The lowest BCUT2D eigenvalue weighted by atomic mass is 9.91. The summed E-state index contributed by atoms with van der Waals surface area (Å²) < 4.78 is 25.3. The number of carbonyl (C=O) groups excluding carboxylic acids is 6. The fourth-order valence-corrected chi connectivity index (χ4v) is 8.28. The molecule has 5 aliphatic rings. The van der Waals surface area contributed by atoms with E-state index in [0.717, 1.165) is 32.7 Å². The highest BCUT2D eigenvalue weighted by Crippen LogP contribution is 2.34. The first kappa shape index (κ1) is 50.0. The summed E-state index contributed by atoms with van der Waals surface area (Å²) in [6, 6.07) is 11.3. The van der Waals surface area contributed by atoms with Crippen molar-refractivity contribution in [3.63, 3.8) is 0 Å². The summed E-state index contributed by atoms with van der Waals surface area (Å²) in [4.78, 5) is 81.5. The third kappa shape index (κ3) is 12.2. The van der Waals surface area contributed by atoms with Crippen molar-refractivity contribution in [1.29, 1.82) is 0 Å². The Hall–Kier alpha value is -6.88. The van der Waals surface area contributed by atoms with E-state index in [2.05, 4.69) is 41.9 Å². The molecule has 0 radical (unpaired) electrons. The molecule has 22 heteroatoms. The summed E-state index contributed by atoms with van der Waals surface area (Å²) in [7, 11) is 1.17. The van der Waals surface area contributed by atoms with Crippen LogP contribution in [-0.4, -0.2) is 137 Å². The number of aromatic nitrogens is 6. The Morgan fingerprint density at radius 3 is 1.72 bits per heavy atom. The molecule has 1 fully saturated rings. The predicted molar refractivity (Wildman–Crippen MR) is 245 cm³/mol. The van der Waals surface area contributed by atoms with E-state index in [0.29, 0.717) is 5.69 Å². The second-order valence-electron chi connectivity index (χ2n) is 19.0. The van der Waals surface area contributed by atoms with Gasteiger partial charge in [0, 0.05) is 20.0 Å². The topological polar surface area (TPSA) is 289 Å². The molecule has 0 spiro atoms. The van der Waals surface area contributed by atoms with E-state index in [-0.39, 0.29) is 51.0 Å². The van der Waals surface area contributed by atoms with Crippen LogP contribution in [0.5, 0.6) is 0 Å². The maximum atomic E-state index is 14.1. The number of hydrogen-bond donors (Lipinski definition) is 6. The van der Waals surface area contributed by atoms with Gasteiger partial charge in [0.1, 0.15) is 47.2 Å². The quantitative estimate of drug-likeness (QED) is 0.0991. The van der Waals surface area contributed by atoms with Gasteiger partial charge in [-0.15, -0.1) is 10.2 Å². The summed E-state index contributed by atoms with van der Waals surface area (Å²) >= 11 is 0. The number of aliphatic hydroxyl groups is 2.